The van der Waals surface area contributed by atoms with Gasteiger partial charge in [-0.2, -0.15) is 0 Å². The molecular formula is C13H16FNO2. The van der Waals surface area contributed by atoms with Crippen LogP contribution in [-0.2, 0) is 4.79 Å². The molecule has 2 rings (SSSR count). The summed E-state index contributed by atoms with van der Waals surface area (Å²) in [6, 6.07) is 6.57. The molecule has 0 saturated carbocycles. The van der Waals surface area contributed by atoms with E-state index < -0.39 is 5.97 Å². The number of hydrogen-bond acceptors (Lipinski definition) is 2. The van der Waals surface area contributed by atoms with Crippen molar-refractivity contribution in [2.75, 3.05) is 0 Å². The summed E-state index contributed by atoms with van der Waals surface area (Å²) in [5, 5.41) is 12.0. The van der Waals surface area contributed by atoms with E-state index in [1.807, 2.05) is 6.07 Å². The first kappa shape index (κ1) is 12.0. The van der Waals surface area contributed by atoms with Gasteiger partial charge in [0.2, 0.25) is 0 Å². The summed E-state index contributed by atoms with van der Waals surface area (Å²) in [5.41, 5.74) is 0.903. The van der Waals surface area contributed by atoms with Crippen molar-refractivity contribution < 1.29 is 14.3 Å². The van der Waals surface area contributed by atoms with E-state index in [0.29, 0.717) is 0 Å². The van der Waals surface area contributed by atoms with Gasteiger partial charge in [-0.05, 0) is 37.0 Å². The molecule has 4 heteroatoms. The van der Waals surface area contributed by atoms with Crippen LogP contribution in [0.25, 0.3) is 0 Å². The Labute approximate surface area is 99.7 Å². The molecule has 0 amide bonds. The fourth-order valence-electron chi connectivity index (χ4n) is 2.38. The number of carboxylic acids is 1. The van der Waals surface area contributed by atoms with E-state index in [9.17, 15) is 9.18 Å². The van der Waals surface area contributed by atoms with Crippen LogP contribution in [-0.4, -0.2) is 17.1 Å². The maximum Gasteiger partial charge on any atom is 0.304 e. The standard InChI is InChI=1S/C13H16FNO2/c14-10-4-1-3-9(7-10)12-6-2-5-11(15-12)8-13(16)17/h1,3-4,7,11-12,15H,2,5-6,8H2,(H,16,17). The van der Waals surface area contributed by atoms with Crippen molar-refractivity contribution in [2.45, 2.75) is 37.8 Å². The Morgan fingerprint density at radius 1 is 1.47 bits per heavy atom. The Hall–Kier alpha value is -1.42. The summed E-state index contributed by atoms with van der Waals surface area (Å²) in [4.78, 5) is 10.7. The quantitative estimate of drug-likeness (QED) is 0.849. The number of carbonyl (C=O) groups is 1. The van der Waals surface area contributed by atoms with Crippen LogP contribution < -0.4 is 5.32 Å². The predicted octanol–water partition coefficient (Wildman–Crippen LogP) is 2.48. The second-order valence-electron chi connectivity index (χ2n) is 4.50. The van der Waals surface area contributed by atoms with Gasteiger partial charge in [0.25, 0.3) is 0 Å². The van der Waals surface area contributed by atoms with Crippen LogP contribution in [0.15, 0.2) is 24.3 Å². The molecule has 0 bridgehead atoms. The topological polar surface area (TPSA) is 49.3 Å². The Morgan fingerprint density at radius 2 is 2.29 bits per heavy atom. The van der Waals surface area contributed by atoms with Gasteiger partial charge in [-0.15, -0.1) is 0 Å². The molecule has 2 unspecified atom stereocenters. The molecule has 92 valence electrons. The van der Waals surface area contributed by atoms with E-state index in [-0.39, 0.29) is 24.3 Å². The van der Waals surface area contributed by atoms with Crippen molar-refractivity contribution in [2.24, 2.45) is 0 Å². The Morgan fingerprint density at radius 3 is 3.00 bits per heavy atom. The molecule has 1 aromatic carbocycles. The van der Waals surface area contributed by atoms with E-state index in [4.69, 9.17) is 5.11 Å². The second-order valence-corrected chi connectivity index (χ2v) is 4.50. The van der Waals surface area contributed by atoms with E-state index in [0.717, 1.165) is 24.8 Å². The zero-order chi connectivity index (χ0) is 12.3. The van der Waals surface area contributed by atoms with Crippen LogP contribution in [0.2, 0.25) is 0 Å². The minimum absolute atomic E-state index is 0.00508. The first-order valence-corrected chi connectivity index (χ1v) is 5.88. The van der Waals surface area contributed by atoms with Crippen LogP contribution in [0.5, 0.6) is 0 Å². The van der Waals surface area contributed by atoms with Gasteiger partial charge >= 0.3 is 5.97 Å². The number of rotatable bonds is 3. The third kappa shape index (κ3) is 3.27. The molecule has 1 aliphatic rings. The van der Waals surface area contributed by atoms with E-state index in [1.165, 1.54) is 12.1 Å². The normalized spacial score (nSPS) is 24.5. The lowest BCUT2D eigenvalue weighted by atomic mass is 9.92. The Kier molecular flexibility index (Phi) is 3.74. The predicted molar refractivity (Wildman–Crippen MR) is 62.2 cm³/mol. The van der Waals surface area contributed by atoms with Crippen molar-refractivity contribution in [1.82, 2.24) is 5.32 Å². The zero-order valence-corrected chi connectivity index (χ0v) is 9.53. The third-order valence-corrected chi connectivity index (χ3v) is 3.15. The highest BCUT2D eigenvalue weighted by molar-refractivity contribution is 5.67. The molecular weight excluding hydrogens is 221 g/mol. The smallest absolute Gasteiger partial charge is 0.304 e. The monoisotopic (exact) mass is 237 g/mol. The number of nitrogens with one attached hydrogen (secondary N) is 1. The molecule has 2 N–H and O–H groups in total. The van der Waals surface area contributed by atoms with Crippen LogP contribution in [0.3, 0.4) is 0 Å². The number of hydrogen-bond donors (Lipinski definition) is 2. The van der Waals surface area contributed by atoms with Crippen LogP contribution >= 0.6 is 0 Å². The summed E-state index contributed by atoms with van der Waals surface area (Å²) in [5.74, 6) is -1.04. The molecule has 1 fully saturated rings. The molecule has 2 atom stereocenters. The summed E-state index contributed by atoms with van der Waals surface area (Å²) in [6.45, 7) is 0. The molecule has 0 radical (unpaired) electrons. The van der Waals surface area contributed by atoms with Gasteiger partial charge in [-0.3, -0.25) is 4.79 Å². The summed E-state index contributed by atoms with van der Waals surface area (Å²) >= 11 is 0. The third-order valence-electron chi connectivity index (χ3n) is 3.15. The molecule has 3 nitrogen and oxygen atoms in total. The second kappa shape index (κ2) is 5.27. The molecule has 1 saturated heterocycles. The van der Waals surface area contributed by atoms with Crippen molar-refractivity contribution in [3.05, 3.63) is 35.6 Å². The highest BCUT2D eigenvalue weighted by atomic mass is 19.1. The van der Waals surface area contributed by atoms with Gasteiger partial charge in [-0.25, -0.2) is 4.39 Å². The fraction of sp³-hybridized carbons (Fsp3) is 0.462. The molecule has 1 aliphatic heterocycles. The number of benzene rings is 1. The molecule has 1 aromatic rings. The summed E-state index contributed by atoms with van der Waals surface area (Å²) in [7, 11) is 0. The first-order valence-electron chi connectivity index (χ1n) is 5.88. The number of piperidine rings is 1. The highest BCUT2D eigenvalue weighted by Crippen LogP contribution is 2.26. The maximum absolute atomic E-state index is 13.1. The molecule has 1 heterocycles. The van der Waals surface area contributed by atoms with Crippen molar-refractivity contribution >= 4 is 5.97 Å². The van der Waals surface area contributed by atoms with Crippen LogP contribution in [0.4, 0.5) is 4.39 Å². The Balaban J connectivity index is 2.04. The van der Waals surface area contributed by atoms with Gasteiger partial charge < -0.3 is 10.4 Å². The molecule has 17 heavy (non-hydrogen) atoms. The van der Waals surface area contributed by atoms with Crippen molar-refractivity contribution in [1.29, 1.82) is 0 Å². The first-order chi connectivity index (χ1) is 8.15. The fourth-order valence-corrected chi connectivity index (χ4v) is 2.38. The maximum atomic E-state index is 13.1. The largest absolute Gasteiger partial charge is 0.481 e. The van der Waals surface area contributed by atoms with Gasteiger partial charge in [0.1, 0.15) is 5.82 Å². The number of halogens is 1. The lowest BCUT2D eigenvalue weighted by Gasteiger charge is -2.30. The van der Waals surface area contributed by atoms with Crippen LogP contribution in [0.1, 0.15) is 37.3 Å². The molecule has 0 spiro atoms. The van der Waals surface area contributed by atoms with Gasteiger partial charge in [0.05, 0.1) is 6.42 Å². The zero-order valence-electron chi connectivity index (χ0n) is 9.53. The minimum Gasteiger partial charge on any atom is -0.481 e. The summed E-state index contributed by atoms with van der Waals surface area (Å²) in [6.07, 6.45) is 2.91. The number of aliphatic carboxylic acids is 1. The van der Waals surface area contributed by atoms with Crippen molar-refractivity contribution in [3.8, 4) is 0 Å². The summed E-state index contributed by atoms with van der Waals surface area (Å²) < 4.78 is 13.1. The average Bonchev–Trinajstić information content (AvgIpc) is 2.28. The Bertz CT molecular complexity index is 408. The van der Waals surface area contributed by atoms with Gasteiger partial charge in [0, 0.05) is 12.1 Å². The van der Waals surface area contributed by atoms with E-state index in [2.05, 4.69) is 5.32 Å². The van der Waals surface area contributed by atoms with Gasteiger partial charge in [0.15, 0.2) is 0 Å². The number of carboxylic acid groups (broad SMARTS) is 1. The van der Waals surface area contributed by atoms with Gasteiger partial charge in [-0.1, -0.05) is 12.1 Å². The SMILES string of the molecule is O=C(O)CC1CCCC(c2cccc(F)c2)N1. The minimum atomic E-state index is -0.789. The van der Waals surface area contributed by atoms with E-state index >= 15 is 0 Å². The lowest BCUT2D eigenvalue weighted by molar-refractivity contribution is -0.137. The average molecular weight is 237 g/mol. The lowest BCUT2D eigenvalue weighted by Crippen LogP contribution is -2.38. The molecule has 0 aromatic heterocycles. The van der Waals surface area contributed by atoms with Crippen LogP contribution in [0, 0.1) is 5.82 Å². The highest BCUT2D eigenvalue weighted by Gasteiger charge is 2.23. The molecule has 0 aliphatic carbocycles. The van der Waals surface area contributed by atoms with Crippen molar-refractivity contribution in [3.63, 3.8) is 0 Å². The van der Waals surface area contributed by atoms with E-state index in [1.54, 1.807) is 6.07 Å².